The van der Waals surface area contributed by atoms with Crippen molar-refractivity contribution >= 4 is 28.7 Å². The summed E-state index contributed by atoms with van der Waals surface area (Å²) in [6.07, 6.45) is 3.59. The van der Waals surface area contributed by atoms with Crippen LogP contribution >= 0.6 is 12.2 Å². The van der Waals surface area contributed by atoms with Gasteiger partial charge in [-0.05, 0) is 29.9 Å². The summed E-state index contributed by atoms with van der Waals surface area (Å²) in [5.74, 6) is 1.38. The van der Waals surface area contributed by atoms with Crippen LogP contribution in [-0.4, -0.2) is 35.7 Å². The van der Waals surface area contributed by atoms with Gasteiger partial charge in [0, 0.05) is 12.3 Å². The third kappa shape index (κ3) is 6.20. The van der Waals surface area contributed by atoms with Gasteiger partial charge in [0.1, 0.15) is 11.5 Å². The molecule has 0 radical (unpaired) electrons. The highest BCUT2D eigenvalue weighted by atomic mass is 32.1. The molecule has 7 nitrogen and oxygen atoms in total. The molecule has 8 heteroatoms. The van der Waals surface area contributed by atoms with E-state index in [0.717, 1.165) is 11.3 Å². The number of hydrogen-bond donors (Lipinski definition) is 2. The van der Waals surface area contributed by atoms with Gasteiger partial charge in [0.15, 0.2) is 5.11 Å². The summed E-state index contributed by atoms with van der Waals surface area (Å²) in [6.45, 7) is 1.81. The van der Waals surface area contributed by atoms with Crippen molar-refractivity contribution in [2.45, 2.75) is 13.2 Å². The molecule has 2 N–H and O–H groups in total. The first-order valence-electron chi connectivity index (χ1n) is 9.12. The molecule has 3 aromatic rings. The number of aromatic nitrogens is 2. The Hall–Kier alpha value is -3.10. The first kappa shape index (κ1) is 20.6. The lowest BCUT2D eigenvalue weighted by Crippen LogP contribution is -2.19. The average molecular weight is 413 g/mol. The predicted molar refractivity (Wildman–Crippen MR) is 118 cm³/mol. The van der Waals surface area contributed by atoms with Gasteiger partial charge >= 0.3 is 0 Å². The summed E-state index contributed by atoms with van der Waals surface area (Å²) in [7, 11) is 3.22. The molecule has 0 amide bonds. The lowest BCUT2D eigenvalue weighted by molar-refractivity contribution is 0.111. The van der Waals surface area contributed by atoms with Crippen LogP contribution in [0.5, 0.6) is 11.5 Å². The Kier molecular flexibility index (Phi) is 7.43. The van der Waals surface area contributed by atoms with E-state index in [2.05, 4.69) is 15.7 Å². The zero-order valence-corrected chi connectivity index (χ0v) is 17.2. The third-order valence-electron chi connectivity index (χ3n) is 4.12. The van der Waals surface area contributed by atoms with Crippen molar-refractivity contribution in [2.24, 2.45) is 0 Å². The summed E-state index contributed by atoms with van der Waals surface area (Å²) < 4.78 is 18.1. The summed E-state index contributed by atoms with van der Waals surface area (Å²) in [4.78, 5) is 0. The monoisotopic (exact) mass is 412 g/mol. The largest absolute Gasteiger partial charge is 0.497 e. The van der Waals surface area contributed by atoms with Crippen molar-refractivity contribution in [1.82, 2.24) is 9.78 Å². The van der Waals surface area contributed by atoms with Gasteiger partial charge in [-0.1, -0.05) is 30.3 Å². The van der Waals surface area contributed by atoms with E-state index in [1.165, 1.54) is 0 Å². The van der Waals surface area contributed by atoms with E-state index in [1.54, 1.807) is 20.4 Å². The number of benzene rings is 2. The molecular weight excluding hydrogens is 388 g/mol. The molecule has 0 aliphatic heterocycles. The van der Waals surface area contributed by atoms with E-state index in [1.807, 2.05) is 59.4 Å². The molecular formula is C21H24N4O3S. The number of hydrogen-bond acceptors (Lipinski definition) is 5. The van der Waals surface area contributed by atoms with Gasteiger partial charge in [-0.25, -0.2) is 0 Å². The molecule has 0 aliphatic rings. The molecule has 0 spiro atoms. The lowest BCUT2D eigenvalue weighted by Gasteiger charge is -2.13. The molecule has 0 saturated heterocycles. The Balaban J connectivity index is 1.47. The zero-order valence-electron chi connectivity index (χ0n) is 16.4. The molecule has 3 rings (SSSR count). The van der Waals surface area contributed by atoms with Crippen LogP contribution in [-0.2, 0) is 17.9 Å². The van der Waals surface area contributed by atoms with Crippen LogP contribution in [0.15, 0.2) is 60.9 Å². The molecule has 0 bridgehead atoms. The van der Waals surface area contributed by atoms with E-state index in [9.17, 15) is 0 Å². The first-order valence-corrected chi connectivity index (χ1v) is 9.53. The van der Waals surface area contributed by atoms with Crippen molar-refractivity contribution in [3.63, 3.8) is 0 Å². The fraction of sp³-hybridized carbons (Fsp3) is 0.238. The van der Waals surface area contributed by atoms with Crippen molar-refractivity contribution in [3.8, 4) is 11.5 Å². The van der Waals surface area contributed by atoms with E-state index < -0.39 is 0 Å². The molecule has 0 unspecified atom stereocenters. The Labute approximate surface area is 175 Å². The fourth-order valence-electron chi connectivity index (χ4n) is 2.67. The van der Waals surface area contributed by atoms with Crippen molar-refractivity contribution in [2.75, 3.05) is 31.5 Å². The van der Waals surface area contributed by atoms with E-state index >= 15 is 0 Å². The summed E-state index contributed by atoms with van der Waals surface area (Å²) in [5.41, 5.74) is 2.65. The Morgan fingerprint density at radius 2 is 1.90 bits per heavy atom. The summed E-state index contributed by atoms with van der Waals surface area (Å²) >= 11 is 5.39. The van der Waals surface area contributed by atoms with Crippen LogP contribution in [0.2, 0.25) is 0 Å². The second-order valence-electron chi connectivity index (χ2n) is 6.18. The lowest BCUT2D eigenvalue weighted by atomic mass is 10.2. The number of methoxy groups -OCH3 is 2. The van der Waals surface area contributed by atoms with Gasteiger partial charge < -0.3 is 24.8 Å². The van der Waals surface area contributed by atoms with Crippen LogP contribution in [0.4, 0.5) is 11.4 Å². The Morgan fingerprint density at radius 3 is 2.66 bits per heavy atom. The van der Waals surface area contributed by atoms with E-state index in [0.29, 0.717) is 42.1 Å². The van der Waals surface area contributed by atoms with Gasteiger partial charge in [-0.2, -0.15) is 5.10 Å². The summed E-state index contributed by atoms with van der Waals surface area (Å²) in [5, 5.41) is 11.0. The molecule has 0 aliphatic carbocycles. The molecule has 1 aromatic heterocycles. The number of nitrogens with zero attached hydrogens (tertiary/aromatic N) is 2. The molecule has 1 heterocycles. The fourth-order valence-corrected chi connectivity index (χ4v) is 2.90. The zero-order chi connectivity index (χ0) is 20.5. The predicted octanol–water partition coefficient (Wildman–Crippen LogP) is 3.93. The van der Waals surface area contributed by atoms with Crippen LogP contribution < -0.4 is 20.1 Å². The Bertz CT molecular complexity index is 931. The molecule has 0 fully saturated rings. The highest BCUT2D eigenvalue weighted by Gasteiger charge is 2.08. The van der Waals surface area contributed by atoms with Crippen molar-refractivity contribution < 1.29 is 14.2 Å². The molecule has 0 saturated carbocycles. The van der Waals surface area contributed by atoms with Crippen molar-refractivity contribution in [3.05, 3.63) is 66.5 Å². The highest BCUT2D eigenvalue weighted by molar-refractivity contribution is 7.80. The van der Waals surface area contributed by atoms with Crippen molar-refractivity contribution in [1.29, 1.82) is 0 Å². The first-order chi connectivity index (χ1) is 14.2. The highest BCUT2D eigenvalue weighted by Crippen LogP contribution is 2.29. The van der Waals surface area contributed by atoms with Gasteiger partial charge in [-0.15, -0.1) is 0 Å². The number of anilines is 2. The number of rotatable bonds is 9. The topological polar surface area (TPSA) is 69.6 Å². The average Bonchev–Trinajstić information content (AvgIpc) is 3.19. The Morgan fingerprint density at radius 1 is 1.07 bits per heavy atom. The van der Waals surface area contributed by atoms with E-state index in [-0.39, 0.29) is 0 Å². The molecule has 152 valence electrons. The maximum atomic E-state index is 5.70. The minimum atomic E-state index is 0.427. The molecule has 2 aromatic carbocycles. The number of ether oxygens (including phenoxy) is 3. The SMILES string of the molecule is COc1ccc(OC)c(NC(=S)Nc2cnn(CCOCc3ccccc3)c2)c1. The minimum Gasteiger partial charge on any atom is -0.497 e. The van der Waals surface area contributed by atoms with Crippen LogP contribution in [0.25, 0.3) is 0 Å². The van der Waals surface area contributed by atoms with Gasteiger partial charge in [0.25, 0.3) is 0 Å². The normalized spacial score (nSPS) is 10.4. The minimum absolute atomic E-state index is 0.427. The summed E-state index contributed by atoms with van der Waals surface area (Å²) in [6, 6.07) is 15.5. The second-order valence-corrected chi connectivity index (χ2v) is 6.58. The van der Waals surface area contributed by atoms with E-state index in [4.69, 9.17) is 26.4 Å². The van der Waals surface area contributed by atoms with Gasteiger partial charge in [0.05, 0.1) is 51.5 Å². The van der Waals surface area contributed by atoms with Crippen LogP contribution in [0.1, 0.15) is 5.56 Å². The maximum absolute atomic E-state index is 5.70. The molecule has 29 heavy (non-hydrogen) atoms. The van der Waals surface area contributed by atoms with Crippen LogP contribution in [0, 0.1) is 0 Å². The quantitative estimate of drug-likeness (QED) is 0.408. The third-order valence-corrected chi connectivity index (χ3v) is 4.33. The smallest absolute Gasteiger partial charge is 0.175 e. The maximum Gasteiger partial charge on any atom is 0.175 e. The number of nitrogens with one attached hydrogen (secondary N) is 2. The van der Waals surface area contributed by atoms with Gasteiger partial charge in [0.2, 0.25) is 0 Å². The second kappa shape index (κ2) is 10.4. The molecule has 0 atom stereocenters. The number of thiocarbonyl (C=S) groups is 1. The van der Waals surface area contributed by atoms with Gasteiger partial charge in [-0.3, -0.25) is 4.68 Å². The van der Waals surface area contributed by atoms with Crippen LogP contribution in [0.3, 0.4) is 0 Å². The standard InChI is InChI=1S/C21H24N4O3S/c1-26-18-8-9-20(27-2)19(12-18)24-21(29)23-17-13-22-25(14-17)10-11-28-15-16-6-4-3-5-7-16/h3-9,12-14H,10-11,15H2,1-2H3,(H2,23,24,29).